The van der Waals surface area contributed by atoms with E-state index in [2.05, 4.69) is 11.0 Å². The van der Waals surface area contributed by atoms with Crippen molar-refractivity contribution in [3.8, 4) is 5.75 Å². The lowest BCUT2D eigenvalue weighted by molar-refractivity contribution is -0.137. The van der Waals surface area contributed by atoms with E-state index < -0.39 is 10.0 Å². The van der Waals surface area contributed by atoms with Gasteiger partial charge >= 0.3 is 0 Å². The van der Waals surface area contributed by atoms with Crippen LogP contribution in [-0.2, 0) is 14.8 Å². The fraction of sp³-hybridized carbons (Fsp3) is 0.417. The number of methoxy groups -OCH3 is 1. The molecule has 0 radical (unpaired) electrons. The maximum atomic E-state index is 13.3. The minimum absolute atomic E-state index is 0.0542. The molecule has 2 fully saturated rings. The summed E-state index contributed by atoms with van der Waals surface area (Å²) in [7, 11) is -2.11. The highest BCUT2D eigenvalue weighted by Gasteiger charge is 2.36. The maximum Gasteiger partial charge on any atom is 0.243 e. The van der Waals surface area contributed by atoms with Gasteiger partial charge < -0.3 is 14.5 Å². The number of ether oxygens (including phenoxy) is 1. The summed E-state index contributed by atoms with van der Waals surface area (Å²) in [5, 5.41) is 0.989. The van der Waals surface area contributed by atoms with Gasteiger partial charge in [-0.05, 0) is 49.2 Å². The Balaban J connectivity index is 1.21. The number of piperazine rings is 1. The van der Waals surface area contributed by atoms with Crippen molar-refractivity contribution < 1.29 is 17.9 Å². The van der Waals surface area contributed by atoms with Gasteiger partial charge in [0.25, 0.3) is 0 Å². The summed E-state index contributed by atoms with van der Waals surface area (Å²) in [6, 6.07) is 14.5. The first-order valence-electron chi connectivity index (χ1n) is 11.5. The van der Waals surface area contributed by atoms with Gasteiger partial charge in [0.2, 0.25) is 15.9 Å². The van der Waals surface area contributed by atoms with E-state index in [4.69, 9.17) is 9.72 Å². The number of hydrogen-bond donors (Lipinski definition) is 0. The number of aromatic nitrogens is 1. The van der Waals surface area contributed by atoms with E-state index in [0.29, 0.717) is 38.2 Å². The minimum atomic E-state index is -3.65. The molecule has 2 aliphatic rings. The summed E-state index contributed by atoms with van der Waals surface area (Å²) in [5.74, 6) is 0.352. The molecule has 1 atom stereocenters. The fourth-order valence-electron chi connectivity index (χ4n) is 4.63. The van der Waals surface area contributed by atoms with E-state index in [1.807, 2.05) is 23.1 Å². The number of anilines is 1. The third-order valence-corrected chi connectivity index (χ3v) is 9.55. The number of hydrogen-bond acceptors (Lipinski definition) is 7. The summed E-state index contributed by atoms with van der Waals surface area (Å²) >= 11 is 1.67. The molecule has 34 heavy (non-hydrogen) atoms. The van der Waals surface area contributed by atoms with E-state index in [-0.39, 0.29) is 23.3 Å². The quantitative estimate of drug-likeness (QED) is 0.536. The van der Waals surface area contributed by atoms with Crippen LogP contribution in [0.5, 0.6) is 5.75 Å². The topological polar surface area (TPSA) is 83.0 Å². The second-order valence-corrected chi connectivity index (χ2v) is 11.6. The molecule has 0 aliphatic carbocycles. The Labute approximate surface area is 203 Å². The second kappa shape index (κ2) is 9.52. The lowest BCUT2D eigenvalue weighted by atomic mass is 9.98. The lowest BCUT2D eigenvalue weighted by Gasteiger charge is -2.38. The average molecular weight is 501 g/mol. The molecule has 180 valence electrons. The van der Waals surface area contributed by atoms with Gasteiger partial charge in [-0.2, -0.15) is 4.31 Å². The van der Waals surface area contributed by atoms with Crippen molar-refractivity contribution in [3.63, 3.8) is 0 Å². The van der Waals surface area contributed by atoms with Crippen molar-refractivity contribution >= 4 is 42.6 Å². The van der Waals surface area contributed by atoms with Crippen LogP contribution in [0.15, 0.2) is 53.4 Å². The van der Waals surface area contributed by atoms with Crippen molar-refractivity contribution in [2.45, 2.75) is 17.7 Å². The Morgan fingerprint density at radius 2 is 1.76 bits per heavy atom. The predicted molar refractivity (Wildman–Crippen MR) is 133 cm³/mol. The average Bonchev–Trinajstić information content (AvgIpc) is 3.33. The largest absolute Gasteiger partial charge is 0.497 e. The zero-order valence-electron chi connectivity index (χ0n) is 19.1. The molecular formula is C24H28N4O4S2. The first-order valence-corrected chi connectivity index (χ1v) is 13.7. The molecule has 3 heterocycles. The molecule has 1 unspecified atom stereocenters. The van der Waals surface area contributed by atoms with Gasteiger partial charge in [0.1, 0.15) is 5.75 Å². The molecule has 0 saturated carbocycles. The van der Waals surface area contributed by atoms with Crippen LogP contribution in [0.3, 0.4) is 0 Å². The van der Waals surface area contributed by atoms with Gasteiger partial charge in [0.05, 0.1) is 28.1 Å². The van der Waals surface area contributed by atoms with Crippen LogP contribution >= 0.6 is 11.3 Å². The number of piperidine rings is 1. The van der Waals surface area contributed by atoms with Crippen molar-refractivity contribution in [2.75, 3.05) is 51.3 Å². The maximum absolute atomic E-state index is 13.3. The number of nitrogens with zero attached hydrogens (tertiary/aromatic N) is 4. The monoisotopic (exact) mass is 500 g/mol. The molecular weight excluding hydrogens is 472 g/mol. The molecule has 2 saturated heterocycles. The van der Waals surface area contributed by atoms with Gasteiger partial charge in [0, 0.05) is 39.3 Å². The molecule has 0 bridgehead atoms. The van der Waals surface area contributed by atoms with Crippen LogP contribution in [0.4, 0.5) is 5.13 Å². The van der Waals surface area contributed by atoms with Gasteiger partial charge in [-0.15, -0.1) is 0 Å². The van der Waals surface area contributed by atoms with Crippen LogP contribution in [-0.4, -0.2) is 74.9 Å². The zero-order chi connectivity index (χ0) is 23.7. The number of carbonyl (C=O) groups is 1. The second-order valence-electron chi connectivity index (χ2n) is 8.65. The third-order valence-electron chi connectivity index (χ3n) is 6.58. The number of fused-ring (bicyclic) bond motifs is 1. The van der Waals surface area contributed by atoms with E-state index in [1.54, 1.807) is 42.7 Å². The van der Waals surface area contributed by atoms with Crippen LogP contribution in [0.1, 0.15) is 12.8 Å². The minimum Gasteiger partial charge on any atom is -0.497 e. The Kier molecular flexibility index (Phi) is 6.46. The summed E-state index contributed by atoms with van der Waals surface area (Å²) < 4.78 is 34.1. The highest BCUT2D eigenvalue weighted by Crippen LogP contribution is 2.30. The number of benzene rings is 2. The van der Waals surface area contributed by atoms with E-state index >= 15 is 0 Å². The number of para-hydroxylation sites is 1. The number of thiazole rings is 1. The van der Waals surface area contributed by atoms with Crippen molar-refractivity contribution in [3.05, 3.63) is 48.5 Å². The van der Waals surface area contributed by atoms with Crippen LogP contribution in [0.25, 0.3) is 10.2 Å². The number of amides is 1. The molecule has 3 aromatic rings. The number of rotatable bonds is 5. The summed E-state index contributed by atoms with van der Waals surface area (Å²) in [5.41, 5.74) is 1.00. The fourth-order valence-corrected chi connectivity index (χ4v) is 7.17. The highest BCUT2D eigenvalue weighted by molar-refractivity contribution is 7.89. The van der Waals surface area contributed by atoms with Crippen LogP contribution < -0.4 is 9.64 Å². The van der Waals surface area contributed by atoms with Crippen LogP contribution in [0, 0.1) is 5.92 Å². The first kappa shape index (κ1) is 23.1. The number of sulfonamides is 1. The van der Waals surface area contributed by atoms with E-state index in [1.165, 1.54) is 4.31 Å². The summed E-state index contributed by atoms with van der Waals surface area (Å²) in [6.45, 7) is 3.36. The summed E-state index contributed by atoms with van der Waals surface area (Å²) in [6.07, 6.45) is 1.39. The molecule has 2 aromatic carbocycles. The number of carbonyl (C=O) groups excluding carboxylic acids is 1. The molecule has 0 N–H and O–H groups in total. The molecule has 10 heteroatoms. The molecule has 1 aromatic heterocycles. The Morgan fingerprint density at radius 3 is 2.47 bits per heavy atom. The molecule has 1 amide bonds. The predicted octanol–water partition coefficient (Wildman–Crippen LogP) is 3.05. The van der Waals surface area contributed by atoms with Crippen molar-refractivity contribution in [1.82, 2.24) is 14.2 Å². The Bertz CT molecular complexity index is 1230. The first-order chi connectivity index (χ1) is 16.5. The Morgan fingerprint density at radius 1 is 1.03 bits per heavy atom. The van der Waals surface area contributed by atoms with Crippen LogP contribution in [0.2, 0.25) is 0 Å². The normalized spacial score (nSPS) is 20.0. The Hall–Kier alpha value is -2.69. The zero-order valence-corrected chi connectivity index (χ0v) is 20.7. The summed E-state index contributed by atoms with van der Waals surface area (Å²) in [4.78, 5) is 22.4. The van der Waals surface area contributed by atoms with Gasteiger partial charge in [-0.3, -0.25) is 4.79 Å². The smallest absolute Gasteiger partial charge is 0.243 e. The molecule has 2 aliphatic heterocycles. The molecule has 8 nitrogen and oxygen atoms in total. The highest BCUT2D eigenvalue weighted by atomic mass is 32.2. The van der Waals surface area contributed by atoms with Gasteiger partial charge in [-0.1, -0.05) is 23.5 Å². The molecule has 0 spiro atoms. The third kappa shape index (κ3) is 4.49. The van der Waals surface area contributed by atoms with Gasteiger partial charge in [0.15, 0.2) is 5.13 Å². The van der Waals surface area contributed by atoms with Crippen molar-refractivity contribution in [1.29, 1.82) is 0 Å². The van der Waals surface area contributed by atoms with Gasteiger partial charge in [-0.25, -0.2) is 13.4 Å². The standard InChI is InChI=1S/C24H28N4O4S2/c1-32-19-8-10-20(11-9-19)34(30,31)28-12-4-5-18(17-28)23(29)26-13-15-27(16-14-26)24-25-21-6-2-3-7-22(21)33-24/h2-3,6-11,18H,4-5,12-17H2,1H3. The van der Waals surface area contributed by atoms with Crippen molar-refractivity contribution in [2.24, 2.45) is 5.92 Å². The van der Waals surface area contributed by atoms with E-state index in [0.717, 1.165) is 28.4 Å². The van der Waals surface area contributed by atoms with E-state index in [9.17, 15) is 13.2 Å². The lowest BCUT2D eigenvalue weighted by Crippen LogP contribution is -2.53. The SMILES string of the molecule is COc1ccc(S(=O)(=O)N2CCCC(C(=O)N3CCN(c4nc5ccccc5s4)CC3)C2)cc1. The molecule has 5 rings (SSSR count).